The largest absolute Gasteiger partial charge is 0.481 e. The molecule has 0 aliphatic heterocycles. The number of amides is 1. The van der Waals surface area contributed by atoms with Crippen molar-refractivity contribution in [3.8, 4) is 0 Å². The van der Waals surface area contributed by atoms with Crippen molar-refractivity contribution in [3.63, 3.8) is 0 Å². The zero-order valence-corrected chi connectivity index (χ0v) is 12.8. The Kier molecular flexibility index (Phi) is 6.30. The molecule has 20 heavy (non-hydrogen) atoms. The van der Waals surface area contributed by atoms with Crippen LogP contribution in [-0.2, 0) is 16.0 Å². The Labute approximate surface area is 128 Å². The van der Waals surface area contributed by atoms with E-state index in [2.05, 4.69) is 5.32 Å². The first-order valence-electron chi connectivity index (χ1n) is 6.24. The second-order valence-electron chi connectivity index (χ2n) is 4.93. The molecule has 1 aromatic rings. The summed E-state index contributed by atoms with van der Waals surface area (Å²) in [5, 5.41) is 12.5. The second kappa shape index (κ2) is 7.50. The quantitative estimate of drug-likeness (QED) is 0.847. The van der Waals surface area contributed by atoms with Gasteiger partial charge in [-0.25, -0.2) is 0 Å². The number of benzene rings is 1. The van der Waals surface area contributed by atoms with Gasteiger partial charge < -0.3 is 10.4 Å². The van der Waals surface area contributed by atoms with Gasteiger partial charge in [0, 0.05) is 16.1 Å². The number of nitrogens with one attached hydrogen (secondary N) is 1. The third-order valence-corrected chi connectivity index (χ3v) is 3.50. The van der Waals surface area contributed by atoms with E-state index in [9.17, 15) is 9.59 Å². The van der Waals surface area contributed by atoms with E-state index in [1.807, 2.05) is 13.8 Å². The molecule has 0 saturated carbocycles. The number of aliphatic carboxylic acids is 1. The monoisotopic (exact) mass is 317 g/mol. The molecule has 0 aromatic heterocycles. The van der Waals surface area contributed by atoms with Crippen molar-refractivity contribution in [2.75, 3.05) is 0 Å². The van der Waals surface area contributed by atoms with E-state index in [1.54, 1.807) is 18.2 Å². The van der Waals surface area contributed by atoms with Crippen molar-refractivity contribution >= 4 is 35.1 Å². The number of carbonyl (C=O) groups is 2. The highest BCUT2D eigenvalue weighted by molar-refractivity contribution is 6.35. The average Bonchev–Trinajstić information content (AvgIpc) is 2.31. The van der Waals surface area contributed by atoms with Gasteiger partial charge in [0.15, 0.2) is 0 Å². The van der Waals surface area contributed by atoms with Gasteiger partial charge in [0.25, 0.3) is 0 Å². The standard InChI is InChI=1S/C14H17Cl2NO3/c1-8(2)12(7-14(19)20)17-13(18)5-9-3-4-10(15)6-11(9)16/h3-4,6,8,12H,5,7H2,1-2H3,(H,17,18)(H,19,20). The normalized spacial score (nSPS) is 12.2. The van der Waals surface area contributed by atoms with E-state index < -0.39 is 12.0 Å². The maximum absolute atomic E-state index is 12.0. The van der Waals surface area contributed by atoms with Crippen molar-refractivity contribution in [2.45, 2.75) is 32.7 Å². The molecule has 1 aromatic carbocycles. The lowest BCUT2D eigenvalue weighted by Crippen LogP contribution is -2.40. The molecule has 4 nitrogen and oxygen atoms in total. The van der Waals surface area contributed by atoms with Crippen molar-refractivity contribution in [3.05, 3.63) is 33.8 Å². The first kappa shape index (κ1) is 16.8. The van der Waals surface area contributed by atoms with Gasteiger partial charge in [-0.15, -0.1) is 0 Å². The first-order chi connectivity index (χ1) is 9.29. The summed E-state index contributed by atoms with van der Waals surface area (Å²) >= 11 is 11.8. The maximum Gasteiger partial charge on any atom is 0.305 e. The molecule has 0 fully saturated rings. The van der Waals surface area contributed by atoms with Crippen LogP contribution in [0.5, 0.6) is 0 Å². The third-order valence-electron chi connectivity index (χ3n) is 2.91. The van der Waals surface area contributed by atoms with E-state index in [4.69, 9.17) is 28.3 Å². The van der Waals surface area contributed by atoms with Crippen molar-refractivity contribution in [2.24, 2.45) is 5.92 Å². The molecule has 0 bridgehead atoms. The second-order valence-corrected chi connectivity index (χ2v) is 5.77. The predicted octanol–water partition coefficient (Wildman–Crippen LogP) is 3.15. The highest BCUT2D eigenvalue weighted by Gasteiger charge is 2.19. The summed E-state index contributed by atoms with van der Waals surface area (Å²) in [5.74, 6) is -1.15. The lowest BCUT2D eigenvalue weighted by molar-refractivity contribution is -0.138. The summed E-state index contributed by atoms with van der Waals surface area (Å²) in [7, 11) is 0. The van der Waals surface area contributed by atoms with Crippen molar-refractivity contribution in [1.29, 1.82) is 0 Å². The molecule has 1 amide bonds. The zero-order chi connectivity index (χ0) is 15.3. The number of hydrogen-bond acceptors (Lipinski definition) is 2. The number of carboxylic acids is 1. The molecule has 0 radical (unpaired) electrons. The lowest BCUT2D eigenvalue weighted by atomic mass is 10.0. The van der Waals surface area contributed by atoms with Crippen LogP contribution in [-0.4, -0.2) is 23.0 Å². The summed E-state index contributed by atoms with van der Waals surface area (Å²) in [6, 6.07) is 4.52. The van der Waals surface area contributed by atoms with E-state index in [0.717, 1.165) is 0 Å². The molecule has 0 aliphatic carbocycles. The fourth-order valence-electron chi connectivity index (χ4n) is 1.74. The van der Waals surface area contributed by atoms with Gasteiger partial charge in [0.05, 0.1) is 12.8 Å². The van der Waals surface area contributed by atoms with Crippen LogP contribution >= 0.6 is 23.2 Å². The molecule has 1 unspecified atom stereocenters. The molecule has 2 N–H and O–H groups in total. The summed E-state index contributed by atoms with van der Waals surface area (Å²) < 4.78 is 0. The SMILES string of the molecule is CC(C)C(CC(=O)O)NC(=O)Cc1ccc(Cl)cc1Cl. The van der Waals surface area contributed by atoms with Crippen molar-refractivity contribution in [1.82, 2.24) is 5.32 Å². The lowest BCUT2D eigenvalue weighted by Gasteiger charge is -2.20. The molecule has 0 aliphatic rings. The minimum Gasteiger partial charge on any atom is -0.481 e. The van der Waals surface area contributed by atoms with E-state index >= 15 is 0 Å². The first-order valence-corrected chi connectivity index (χ1v) is 7.00. The van der Waals surface area contributed by atoms with Gasteiger partial charge in [0.2, 0.25) is 5.91 Å². The van der Waals surface area contributed by atoms with E-state index in [0.29, 0.717) is 15.6 Å². The Hall–Kier alpha value is -1.26. The van der Waals surface area contributed by atoms with Gasteiger partial charge in [-0.05, 0) is 23.6 Å². The van der Waals surface area contributed by atoms with Gasteiger partial charge in [-0.3, -0.25) is 9.59 Å². The number of rotatable bonds is 6. The minimum absolute atomic E-state index is 0.0377. The van der Waals surface area contributed by atoms with E-state index in [1.165, 1.54) is 0 Å². The van der Waals surface area contributed by atoms with Gasteiger partial charge in [0.1, 0.15) is 0 Å². The molecule has 1 rings (SSSR count). The Morgan fingerprint density at radius 1 is 1.30 bits per heavy atom. The summed E-state index contributed by atoms with van der Waals surface area (Å²) in [4.78, 5) is 22.7. The number of hydrogen-bond donors (Lipinski definition) is 2. The van der Waals surface area contributed by atoms with Crippen LogP contribution in [0.25, 0.3) is 0 Å². The summed E-state index contributed by atoms with van der Waals surface area (Å²) in [6.45, 7) is 3.73. The summed E-state index contributed by atoms with van der Waals surface area (Å²) in [6.07, 6.45) is -0.00338. The van der Waals surface area contributed by atoms with E-state index in [-0.39, 0.29) is 24.7 Å². The molecule has 110 valence electrons. The van der Waals surface area contributed by atoms with Crippen LogP contribution in [0.3, 0.4) is 0 Å². The van der Waals surface area contributed by atoms with Crippen molar-refractivity contribution < 1.29 is 14.7 Å². The van der Waals surface area contributed by atoms with Crippen LogP contribution in [0, 0.1) is 5.92 Å². The van der Waals surface area contributed by atoms with Crippen LogP contribution in [0.1, 0.15) is 25.8 Å². The Bertz CT molecular complexity index is 503. The highest BCUT2D eigenvalue weighted by Crippen LogP contribution is 2.21. The predicted molar refractivity (Wildman–Crippen MR) is 79.2 cm³/mol. The number of carbonyl (C=O) groups excluding carboxylic acids is 1. The fraction of sp³-hybridized carbons (Fsp3) is 0.429. The smallest absolute Gasteiger partial charge is 0.305 e. The molecular weight excluding hydrogens is 301 g/mol. The van der Waals surface area contributed by atoms with Crippen LogP contribution in [0.2, 0.25) is 10.0 Å². The van der Waals surface area contributed by atoms with Gasteiger partial charge in [-0.2, -0.15) is 0 Å². The Morgan fingerprint density at radius 2 is 1.95 bits per heavy atom. The minimum atomic E-state index is -0.937. The topological polar surface area (TPSA) is 66.4 Å². The molecule has 0 spiro atoms. The van der Waals surface area contributed by atoms with Crippen LogP contribution in [0.4, 0.5) is 0 Å². The fourth-order valence-corrected chi connectivity index (χ4v) is 2.21. The van der Waals surface area contributed by atoms with Gasteiger partial charge >= 0.3 is 5.97 Å². The molecule has 0 saturated heterocycles. The maximum atomic E-state index is 12.0. The molecule has 0 heterocycles. The molecular formula is C14H17Cl2NO3. The third kappa shape index (κ3) is 5.39. The zero-order valence-electron chi connectivity index (χ0n) is 11.3. The average molecular weight is 318 g/mol. The Morgan fingerprint density at radius 3 is 2.45 bits per heavy atom. The summed E-state index contributed by atoms with van der Waals surface area (Å²) in [5.41, 5.74) is 0.659. The Balaban J connectivity index is 2.68. The van der Waals surface area contributed by atoms with Gasteiger partial charge in [-0.1, -0.05) is 43.1 Å². The number of carboxylic acid groups (broad SMARTS) is 1. The molecule has 1 atom stereocenters. The molecule has 6 heteroatoms. The highest BCUT2D eigenvalue weighted by atomic mass is 35.5. The van der Waals surface area contributed by atoms with Crippen LogP contribution < -0.4 is 5.32 Å². The number of halogens is 2. The van der Waals surface area contributed by atoms with Crippen LogP contribution in [0.15, 0.2) is 18.2 Å².